The molecule has 0 amide bonds. The van der Waals surface area contributed by atoms with Crippen molar-refractivity contribution >= 4 is 44.5 Å². The Kier molecular flexibility index (Phi) is 4.88. The minimum absolute atomic E-state index is 0.692. The van der Waals surface area contributed by atoms with Gasteiger partial charge in [-0.3, -0.25) is 5.43 Å². The lowest BCUT2D eigenvalue weighted by Gasteiger charge is -2.04. The van der Waals surface area contributed by atoms with Gasteiger partial charge in [0.05, 0.1) is 18.7 Å². The van der Waals surface area contributed by atoms with Gasteiger partial charge in [-0.05, 0) is 30.7 Å². The van der Waals surface area contributed by atoms with Gasteiger partial charge in [0.2, 0.25) is 0 Å². The van der Waals surface area contributed by atoms with Gasteiger partial charge in [0.25, 0.3) is 0 Å². The molecule has 0 fully saturated rings. The lowest BCUT2D eigenvalue weighted by molar-refractivity contribution is 0.415. The second-order valence-electron chi connectivity index (χ2n) is 7.23. The largest absolute Gasteiger partial charge is 0.497 e. The summed E-state index contributed by atoms with van der Waals surface area (Å²) >= 11 is 1.60. The van der Waals surface area contributed by atoms with Crippen LogP contribution >= 0.6 is 11.3 Å². The van der Waals surface area contributed by atoms with E-state index in [1.54, 1.807) is 24.8 Å². The van der Waals surface area contributed by atoms with E-state index < -0.39 is 0 Å². The van der Waals surface area contributed by atoms with E-state index in [0.717, 1.165) is 49.3 Å². The van der Waals surface area contributed by atoms with Crippen LogP contribution in [0.3, 0.4) is 0 Å². The number of rotatable bonds is 5. The highest BCUT2D eigenvalue weighted by Gasteiger charge is 2.14. The third-order valence-corrected chi connectivity index (χ3v) is 6.45. The molecule has 3 aromatic heterocycles. The van der Waals surface area contributed by atoms with Gasteiger partial charge >= 0.3 is 0 Å². The van der Waals surface area contributed by atoms with Gasteiger partial charge in [0, 0.05) is 40.2 Å². The van der Waals surface area contributed by atoms with Gasteiger partial charge in [0.15, 0.2) is 5.82 Å². The monoisotopic (exact) mass is 427 g/mol. The van der Waals surface area contributed by atoms with Crippen LogP contribution in [-0.2, 0) is 7.05 Å². The zero-order valence-corrected chi connectivity index (χ0v) is 18.3. The number of anilines is 1. The quantitative estimate of drug-likeness (QED) is 0.292. The topological polar surface area (TPSA) is 64.3 Å². The van der Waals surface area contributed by atoms with Gasteiger partial charge in [-0.2, -0.15) is 5.10 Å². The zero-order chi connectivity index (χ0) is 21.4. The first-order valence-corrected chi connectivity index (χ1v) is 10.7. The summed E-state index contributed by atoms with van der Waals surface area (Å²) < 4.78 is 7.57. The maximum atomic E-state index is 5.41. The molecule has 0 aliphatic rings. The number of hydrazone groups is 1. The molecule has 2 aromatic carbocycles. The van der Waals surface area contributed by atoms with Crippen LogP contribution in [0, 0.1) is 6.92 Å². The first-order valence-electron chi connectivity index (χ1n) is 9.87. The summed E-state index contributed by atoms with van der Waals surface area (Å²) in [6.07, 6.45) is 3.42. The minimum Gasteiger partial charge on any atom is -0.497 e. The molecule has 0 radical (unpaired) electrons. The van der Waals surface area contributed by atoms with Crippen molar-refractivity contribution in [1.29, 1.82) is 0 Å². The van der Waals surface area contributed by atoms with Crippen LogP contribution in [0.1, 0.15) is 11.3 Å². The van der Waals surface area contributed by atoms with Crippen molar-refractivity contribution in [3.8, 4) is 16.9 Å². The molecule has 3 heterocycles. The Morgan fingerprint density at radius 1 is 1.13 bits per heavy atom. The van der Waals surface area contributed by atoms with Crippen molar-refractivity contribution in [2.75, 3.05) is 12.5 Å². The Balaban J connectivity index is 1.54. The molecule has 0 spiro atoms. The van der Waals surface area contributed by atoms with E-state index in [-0.39, 0.29) is 0 Å². The van der Waals surface area contributed by atoms with E-state index in [0.29, 0.717) is 5.82 Å². The third-order valence-electron chi connectivity index (χ3n) is 5.57. The molecule has 0 aliphatic carbocycles. The summed E-state index contributed by atoms with van der Waals surface area (Å²) in [5.74, 6) is 1.51. The maximum absolute atomic E-state index is 5.41. The number of nitrogens with one attached hydrogen (secondary N) is 1. The Bertz CT molecular complexity index is 1420. The summed E-state index contributed by atoms with van der Waals surface area (Å²) in [5, 5.41) is 8.73. The average molecular weight is 428 g/mol. The molecular weight excluding hydrogens is 406 g/mol. The predicted octanol–water partition coefficient (Wildman–Crippen LogP) is 5.61. The number of hydrogen-bond acceptors (Lipinski definition) is 6. The lowest BCUT2D eigenvalue weighted by Crippen LogP contribution is -1.97. The second-order valence-corrected chi connectivity index (χ2v) is 8.09. The first-order chi connectivity index (χ1) is 15.2. The third kappa shape index (κ3) is 3.33. The predicted molar refractivity (Wildman–Crippen MR) is 128 cm³/mol. The van der Waals surface area contributed by atoms with Gasteiger partial charge < -0.3 is 9.30 Å². The fourth-order valence-electron chi connectivity index (χ4n) is 3.82. The summed E-state index contributed by atoms with van der Waals surface area (Å²) in [6, 6.07) is 16.3. The van der Waals surface area contributed by atoms with Crippen molar-refractivity contribution in [1.82, 2.24) is 14.5 Å². The van der Waals surface area contributed by atoms with E-state index in [1.165, 1.54) is 0 Å². The lowest BCUT2D eigenvalue weighted by atomic mass is 10.1. The van der Waals surface area contributed by atoms with Crippen molar-refractivity contribution in [2.45, 2.75) is 6.92 Å². The van der Waals surface area contributed by atoms with E-state index in [2.05, 4.69) is 62.6 Å². The van der Waals surface area contributed by atoms with Crippen molar-refractivity contribution in [3.05, 3.63) is 71.5 Å². The number of thiophene rings is 1. The number of hydrogen-bond donors (Lipinski definition) is 1. The highest BCUT2D eigenvalue weighted by molar-refractivity contribution is 7.17. The molecule has 6 nitrogen and oxygen atoms in total. The Hall–Kier alpha value is -3.71. The molecule has 7 heteroatoms. The van der Waals surface area contributed by atoms with Gasteiger partial charge in [0.1, 0.15) is 16.9 Å². The molecule has 0 bridgehead atoms. The van der Waals surface area contributed by atoms with E-state index >= 15 is 0 Å². The molecule has 154 valence electrons. The normalized spacial score (nSPS) is 11.6. The SMILES string of the molecule is COc1ccc2c(c1)c(C=NNc1ncnc3scc(-c4ccccc4)c13)c(C)n2C. The van der Waals surface area contributed by atoms with Crippen LogP contribution in [0.5, 0.6) is 5.75 Å². The fraction of sp³-hybridized carbons (Fsp3) is 0.125. The Morgan fingerprint density at radius 2 is 1.97 bits per heavy atom. The highest BCUT2D eigenvalue weighted by atomic mass is 32.1. The Morgan fingerprint density at radius 3 is 2.77 bits per heavy atom. The van der Waals surface area contributed by atoms with Crippen molar-refractivity contribution < 1.29 is 4.74 Å². The number of nitrogens with zero attached hydrogens (tertiary/aromatic N) is 4. The fourth-order valence-corrected chi connectivity index (χ4v) is 4.73. The molecule has 0 unspecified atom stereocenters. The summed E-state index contributed by atoms with van der Waals surface area (Å²) in [6.45, 7) is 2.09. The number of aryl methyl sites for hydroxylation is 1. The molecule has 5 rings (SSSR count). The molecule has 0 aliphatic heterocycles. The van der Waals surface area contributed by atoms with E-state index in [1.807, 2.05) is 36.5 Å². The standard InChI is InChI=1S/C24H21N5OS/c1-15-19(18-11-17(30-3)9-10-21(18)29(15)2)12-27-28-23-22-20(16-7-5-4-6-8-16)13-31-24(22)26-14-25-23/h4-14H,1-3H3,(H,25,26,28). The molecule has 1 N–H and O–H groups in total. The summed E-state index contributed by atoms with van der Waals surface area (Å²) in [4.78, 5) is 9.82. The van der Waals surface area contributed by atoms with Crippen LogP contribution in [0.2, 0.25) is 0 Å². The molecule has 31 heavy (non-hydrogen) atoms. The Labute approximate surface area is 183 Å². The van der Waals surface area contributed by atoms with E-state index in [4.69, 9.17) is 4.74 Å². The highest BCUT2D eigenvalue weighted by Crippen LogP contribution is 2.36. The van der Waals surface area contributed by atoms with Gasteiger partial charge in [-0.15, -0.1) is 11.3 Å². The molecule has 5 aromatic rings. The number of methoxy groups -OCH3 is 1. The summed E-state index contributed by atoms with van der Waals surface area (Å²) in [5.41, 5.74) is 8.68. The number of benzene rings is 2. The smallest absolute Gasteiger partial charge is 0.159 e. The molecular formula is C24H21N5OS. The van der Waals surface area contributed by atoms with Crippen LogP contribution in [0.15, 0.2) is 65.3 Å². The minimum atomic E-state index is 0.692. The average Bonchev–Trinajstić information content (AvgIpc) is 3.35. The van der Waals surface area contributed by atoms with Crippen LogP contribution < -0.4 is 10.2 Å². The van der Waals surface area contributed by atoms with Gasteiger partial charge in [-0.1, -0.05) is 30.3 Å². The van der Waals surface area contributed by atoms with Gasteiger partial charge in [-0.25, -0.2) is 9.97 Å². The zero-order valence-electron chi connectivity index (χ0n) is 17.5. The molecule has 0 saturated carbocycles. The molecule has 0 atom stereocenters. The van der Waals surface area contributed by atoms with Crippen LogP contribution in [-0.4, -0.2) is 27.9 Å². The van der Waals surface area contributed by atoms with Crippen LogP contribution in [0.25, 0.3) is 32.2 Å². The first kappa shape index (κ1) is 19.3. The van der Waals surface area contributed by atoms with E-state index in [9.17, 15) is 0 Å². The van der Waals surface area contributed by atoms with Crippen molar-refractivity contribution in [3.63, 3.8) is 0 Å². The van der Waals surface area contributed by atoms with Crippen LogP contribution in [0.4, 0.5) is 5.82 Å². The number of ether oxygens (including phenoxy) is 1. The number of aromatic nitrogens is 3. The summed E-state index contributed by atoms with van der Waals surface area (Å²) in [7, 11) is 3.73. The second kappa shape index (κ2) is 7.85. The molecule has 0 saturated heterocycles. The maximum Gasteiger partial charge on any atom is 0.159 e. The number of fused-ring (bicyclic) bond motifs is 2. The van der Waals surface area contributed by atoms with Crippen molar-refractivity contribution in [2.24, 2.45) is 12.1 Å².